The van der Waals surface area contributed by atoms with Gasteiger partial charge in [0.15, 0.2) is 0 Å². The fraction of sp³-hybridized carbons (Fsp3) is 0.267. The molecule has 6 heteroatoms. The highest BCUT2D eigenvalue weighted by molar-refractivity contribution is 5.64. The Morgan fingerprint density at radius 1 is 1.33 bits per heavy atom. The third kappa shape index (κ3) is 3.92. The summed E-state index contributed by atoms with van der Waals surface area (Å²) >= 11 is 0. The molecule has 0 aliphatic heterocycles. The average Bonchev–Trinajstić information content (AvgIpc) is 2.48. The van der Waals surface area contributed by atoms with E-state index in [2.05, 4.69) is 15.6 Å². The molecule has 0 bridgehead atoms. The maximum Gasteiger partial charge on any atom is 0.273 e. The number of benzene rings is 1. The molecule has 21 heavy (non-hydrogen) atoms. The van der Waals surface area contributed by atoms with E-state index in [1.807, 2.05) is 32.0 Å². The summed E-state index contributed by atoms with van der Waals surface area (Å²) in [4.78, 5) is 14.7. The van der Waals surface area contributed by atoms with Crippen molar-refractivity contribution < 1.29 is 4.92 Å². The lowest BCUT2D eigenvalue weighted by atomic mass is 10.1. The zero-order chi connectivity index (χ0) is 15.2. The lowest BCUT2D eigenvalue weighted by Gasteiger charge is -2.16. The van der Waals surface area contributed by atoms with Gasteiger partial charge < -0.3 is 10.6 Å². The molecule has 2 aromatic rings. The van der Waals surface area contributed by atoms with E-state index < -0.39 is 0 Å². The highest BCUT2D eigenvalue weighted by atomic mass is 16.6. The first-order valence-electron chi connectivity index (χ1n) is 6.80. The van der Waals surface area contributed by atoms with Crippen LogP contribution in [0, 0.1) is 10.1 Å². The summed E-state index contributed by atoms with van der Waals surface area (Å²) in [6, 6.07) is 8.77. The van der Waals surface area contributed by atoms with E-state index in [0.717, 1.165) is 11.3 Å². The van der Waals surface area contributed by atoms with Crippen molar-refractivity contribution in [3.63, 3.8) is 0 Å². The van der Waals surface area contributed by atoms with Crippen molar-refractivity contribution >= 4 is 17.1 Å². The van der Waals surface area contributed by atoms with Crippen molar-refractivity contribution in [1.29, 1.82) is 0 Å². The van der Waals surface area contributed by atoms with E-state index in [-0.39, 0.29) is 16.7 Å². The van der Waals surface area contributed by atoms with E-state index >= 15 is 0 Å². The van der Waals surface area contributed by atoms with Gasteiger partial charge in [-0.2, -0.15) is 0 Å². The number of nitrogens with one attached hydrogen (secondary N) is 2. The molecule has 1 aromatic carbocycles. The number of anilines is 2. The molecule has 0 spiro atoms. The van der Waals surface area contributed by atoms with Gasteiger partial charge in [0.05, 0.1) is 11.0 Å². The van der Waals surface area contributed by atoms with E-state index in [1.165, 1.54) is 12.1 Å². The van der Waals surface area contributed by atoms with Gasteiger partial charge in [-0.3, -0.25) is 15.1 Å². The van der Waals surface area contributed by atoms with Crippen LogP contribution in [0.5, 0.6) is 0 Å². The number of non-ortho nitro benzene ring substituents is 1. The molecule has 0 saturated heterocycles. The first-order chi connectivity index (χ1) is 10.1. The fourth-order valence-electron chi connectivity index (χ4n) is 2.07. The Morgan fingerprint density at radius 3 is 2.71 bits per heavy atom. The van der Waals surface area contributed by atoms with E-state index in [9.17, 15) is 10.1 Å². The van der Waals surface area contributed by atoms with Gasteiger partial charge in [-0.05, 0) is 31.5 Å². The molecule has 0 aliphatic carbocycles. The minimum Gasteiger partial charge on any atom is -0.385 e. The van der Waals surface area contributed by atoms with Gasteiger partial charge in [-0.1, -0.05) is 6.07 Å². The van der Waals surface area contributed by atoms with Gasteiger partial charge in [0.25, 0.3) is 5.69 Å². The number of aromatic nitrogens is 1. The van der Waals surface area contributed by atoms with Crippen LogP contribution in [0.1, 0.15) is 25.5 Å². The number of hydrogen-bond donors (Lipinski definition) is 2. The molecule has 2 rings (SSSR count). The van der Waals surface area contributed by atoms with Crippen LogP contribution in [0.2, 0.25) is 0 Å². The van der Waals surface area contributed by atoms with Crippen LogP contribution in [0.25, 0.3) is 0 Å². The molecular weight excluding hydrogens is 268 g/mol. The number of hydrogen-bond acceptors (Lipinski definition) is 5. The maximum absolute atomic E-state index is 11.0. The van der Waals surface area contributed by atoms with Crippen molar-refractivity contribution in [2.75, 3.05) is 17.2 Å². The summed E-state index contributed by atoms with van der Waals surface area (Å²) in [7, 11) is 0. The predicted molar refractivity (Wildman–Crippen MR) is 83.5 cm³/mol. The minimum absolute atomic E-state index is 0.00943. The van der Waals surface area contributed by atoms with Crippen LogP contribution in [-0.2, 0) is 0 Å². The first kappa shape index (κ1) is 14.8. The summed E-state index contributed by atoms with van der Waals surface area (Å²) in [6.07, 6.45) is 3.49. The number of nitro benzene ring substituents is 1. The molecule has 0 saturated carbocycles. The quantitative estimate of drug-likeness (QED) is 0.626. The fourth-order valence-corrected chi connectivity index (χ4v) is 2.07. The highest BCUT2D eigenvalue weighted by Crippen LogP contribution is 2.27. The molecule has 0 aliphatic rings. The number of nitrogens with zero attached hydrogens (tertiary/aromatic N) is 2. The Labute approximate surface area is 123 Å². The van der Waals surface area contributed by atoms with Crippen LogP contribution in [0.3, 0.4) is 0 Å². The summed E-state index contributed by atoms with van der Waals surface area (Å²) in [5.41, 5.74) is 2.52. The van der Waals surface area contributed by atoms with Gasteiger partial charge in [-0.25, -0.2) is 0 Å². The standard InChI is InChI=1S/C15H18N4O2/c1-3-17-13-7-14(9-15(8-13)19(20)21)18-11(2)12-5-4-6-16-10-12/h4-11,17-18H,3H2,1-2H3. The van der Waals surface area contributed by atoms with Crippen LogP contribution < -0.4 is 10.6 Å². The number of pyridine rings is 1. The summed E-state index contributed by atoms with van der Waals surface area (Å²) in [5, 5.41) is 17.4. The van der Waals surface area contributed by atoms with Crippen LogP contribution in [0.15, 0.2) is 42.7 Å². The predicted octanol–water partition coefficient (Wildman–Crippen LogP) is 3.59. The lowest BCUT2D eigenvalue weighted by Crippen LogP contribution is -2.08. The monoisotopic (exact) mass is 286 g/mol. The maximum atomic E-state index is 11.0. The van der Waals surface area contributed by atoms with Crippen LogP contribution in [-0.4, -0.2) is 16.5 Å². The molecule has 0 radical (unpaired) electrons. The van der Waals surface area contributed by atoms with Gasteiger partial charge in [0, 0.05) is 42.4 Å². The van der Waals surface area contributed by atoms with E-state index in [4.69, 9.17) is 0 Å². The van der Waals surface area contributed by atoms with E-state index in [0.29, 0.717) is 12.2 Å². The minimum atomic E-state index is -0.388. The van der Waals surface area contributed by atoms with Gasteiger partial charge in [0.1, 0.15) is 0 Å². The van der Waals surface area contributed by atoms with E-state index in [1.54, 1.807) is 12.4 Å². The average molecular weight is 286 g/mol. The second-order valence-corrected chi connectivity index (χ2v) is 4.71. The Kier molecular flexibility index (Phi) is 4.71. The molecular formula is C15H18N4O2. The lowest BCUT2D eigenvalue weighted by molar-refractivity contribution is -0.384. The molecule has 1 atom stereocenters. The van der Waals surface area contributed by atoms with Gasteiger partial charge in [-0.15, -0.1) is 0 Å². The van der Waals surface area contributed by atoms with Crippen molar-refractivity contribution in [2.24, 2.45) is 0 Å². The van der Waals surface area contributed by atoms with Crippen molar-refractivity contribution in [1.82, 2.24) is 4.98 Å². The molecule has 0 fully saturated rings. The molecule has 0 amide bonds. The Morgan fingerprint density at radius 2 is 2.10 bits per heavy atom. The second-order valence-electron chi connectivity index (χ2n) is 4.71. The molecule has 110 valence electrons. The first-order valence-corrected chi connectivity index (χ1v) is 6.80. The van der Waals surface area contributed by atoms with Gasteiger partial charge in [0.2, 0.25) is 0 Å². The topological polar surface area (TPSA) is 80.1 Å². The number of rotatable bonds is 6. The second kappa shape index (κ2) is 6.69. The van der Waals surface area contributed by atoms with Gasteiger partial charge >= 0.3 is 0 Å². The zero-order valence-corrected chi connectivity index (χ0v) is 12.0. The largest absolute Gasteiger partial charge is 0.385 e. The Balaban J connectivity index is 2.24. The summed E-state index contributed by atoms with van der Waals surface area (Å²) in [6.45, 7) is 4.64. The molecule has 6 nitrogen and oxygen atoms in total. The molecule has 1 unspecified atom stereocenters. The third-order valence-corrected chi connectivity index (χ3v) is 3.08. The molecule has 2 N–H and O–H groups in total. The summed E-state index contributed by atoms with van der Waals surface area (Å²) in [5.74, 6) is 0. The van der Waals surface area contributed by atoms with Crippen LogP contribution in [0.4, 0.5) is 17.1 Å². The SMILES string of the molecule is CCNc1cc(NC(C)c2cccnc2)cc([N+](=O)[O-])c1. The van der Waals surface area contributed by atoms with Crippen LogP contribution >= 0.6 is 0 Å². The normalized spacial score (nSPS) is 11.7. The highest BCUT2D eigenvalue weighted by Gasteiger charge is 2.12. The smallest absolute Gasteiger partial charge is 0.273 e. The van der Waals surface area contributed by atoms with Crippen molar-refractivity contribution in [2.45, 2.75) is 19.9 Å². The summed E-state index contributed by atoms with van der Waals surface area (Å²) < 4.78 is 0. The van der Waals surface area contributed by atoms with Crippen molar-refractivity contribution in [3.8, 4) is 0 Å². The third-order valence-electron chi connectivity index (χ3n) is 3.08. The zero-order valence-electron chi connectivity index (χ0n) is 12.0. The Bertz CT molecular complexity index is 616. The molecule has 1 aromatic heterocycles. The Hall–Kier alpha value is -2.63. The number of nitro groups is 1. The van der Waals surface area contributed by atoms with Crippen molar-refractivity contribution in [3.05, 3.63) is 58.4 Å². The molecule has 1 heterocycles.